The predicted octanol–water partition coefficient (Wildman–Crippen LogP) is 15.7. The number of amides is 1. The standard InChI is InChI=1S/C12H14N2O.C12H10N2O.C11H10BrNO.C9H8Br2O.C9H9BrO.C2H5NO.2CN.CH4.Zn/c2*1-8-12(14-9(2)15-8)11-5-3-10(7-13)4-6-11;1-7-11(13-8(2)14-7)9-3-5-10(12)6-4-9;1-6(10)9(12)7-2-4-8(11)5-3-7;1-2-9(11)7-3-5-8(10)6-4-7;1-2(3)4;2*1-2;;/h3-6H,7,13H2,1-2H3;3-6H,1-2H3;3-6H,1-2H3;2-6H,1H3;3-6H,2H2,1H3;1H3,(H2,3,4);;;1H4;/q;;;;;;2*-1;;+2. The van der Waals surface area contributed by atoms with Crippen LogP contribution in [0.5, 0.6) is 0 Å². The number of aromatic nitrogens is 3. The zero-order chi connectivity index (χ0) is 56.8. The summed E-state index contributed by atoms with van der Waals surface area (Å²) in [6.45, 7) is 26.3. The third-order valence-corrected chi connectivity index (χ3v) is 11.6. The number of nitriles is 1. The van der Waals surface area contributed by atoms with Crippen molar-refractivity contribution in [2.24, 2.45) is 11.5 Å². The molecule has 0 spiro atoms. The number of ketones is 2. The van der Waals surface area contributed by atoms with Crippen molar-refractivity contribution in [3.05, 3.63) is 205 Å². The van der Waals surface area contributed by atoms with Gasteiger partial charge in [-0.3, -0.25) is 14.4 Å². The number of Topliss-reactive ketones (excluding diaryl/α,β-unsaturated/α-hetero) is 2. The molecule has 0 bridgehead atoms. The van der Waals surface area contributed by atoms with Gasteiger partial charge in [0.05, 0.1) is 16.5 Å². The van der Waals surface area contributed by atoms with Crippen molar-refractivity contribution >= 4 is 81.2 Å². The third kappa shape index (κ3) is 26.4. The Morgan fingerprint density at radius 1 is 0.584 bits per heavy atom. The average Bonchev–Trinajstić information content (AvgIpc) is 4.07. The third-order valence-electron chi connectivity index (χ3n) is 9.56. The Labute approximate surface area is 499 Å². The number of oxazole rings is 3. The number of carbonyl (C=O) groups is 3. The molecule has 14 nitrogen and oxygen atoms in total. The Morgan fingerprint density at radius 2 is 0.870 bits per heavy atom. The van der Waals surface area contributed by atoms with Gasteiger partial charge in [0.25, 0.3) is 0 Å². The van der Waals surface area contributed by atoms with Gasteiger partial charge in [-0.2, -0.15) is 5.26 Å². The Kier molecular flexibility index (Phi) is 36.7. The molecule has 4 N–H and O–H groups in total. The molecule has 77 heavy (non-hydrogen) atoms. The van der Waals surface area contributed by atoms with Crippen molar-refractivity contribution < 1.29 is 47.1 Å². The normalized spacial score (nSPS) is 9.62. The van der Waals surface area contributed by atoms with Crippen LogP contribution in [0.15, 0.2) is 148 Å². The molecule has 1 unspecified atom stereocenters. The van der Waals surface area contributed by atoms with Crippen LogP contribution < -0.4 is 11.5 Å². The van der Waals surface area contributed by atoms with Crippen LogP contribution in [-0.2, 0) is 30.8 Å². The molecule has 0 aliphatic rings. The smallest absolute Gasteiger partial charge is 0.512 e. The minimum absolute atomic E-state index is 0. The fourth-order valence-corrected chi connectivity index (χ4v) is 7.24. The number of halogens is 4. The van der Waals surface area contributed by atoms with Gasteiger partial charge < -0.3 is 48.4 Å². The molecule has 1 atom stereocenters. The average molecular weight is 1350 g/mol. The summed E-state index contributed by atoms with van der Waals surface area (Å²) >= 11 is 13.2. The molecule has 19 heteroatoms. The van der Waals surface area contributed by atoms with E-state index in [0.29, 0.717) is 36.2 Å². The summed E-state index contributed by atoms with van der Waals surface area (Å²) in [5.41, 5.74) is 19.1. The first-order valence-electron chi connectivity index (χ1n) is 22.5. The largest absolute Gasteiger partial charge is 2.00 e. The Morgan fingerprint density at radius 3 is 1.13 bits per heavy atom. The van der Waals surface area contributed by atoms with Gasteiger partial charge >= 0.3 is 19.5 Å². The monoisotopic (exact) mass is 1340 g/mol. The van der Waals surface area contributed by atoms with Crippen LogP contribution in [0.2, 0.25) is 0 Å². The summed E-state index contributed by atoms with van der Waals surface area (Å²) in [6.07, 6.45) is 0.571. The second-order valence-corrected chi connectivity index (χ2v) is 19.5. The van der Waals surface area contributed by atoms with E-state index >= 15 is 0 Å². The molecule has 0 saturated heterocycles. The van der Waals surface area contributed by atoms with Crippen LogP contribution in [0.1, 0.15) is 101 Å². The molecule has 5 aromatic carbocycles. The maximum atomic E-state index is 11.4. The SMILES string of the molecule is C.CC(Br)C(=O)c1ccc(Br)cc1.CC(N)=O.CCC(=O)c1ccc(Br)cc1.Cc1nc(-c2ccc(Br)cc2)c(C)o1.Cc1nc(-c2ccc(C#N)cc2)c(C)o1.Cc1nc(-c2ccc(CN)cc2)c(C)o1.[C-]#N.[C-]#N.[Zn+2]. The van der Waals surface area contributed by atoms with Gasteiger partial charge in [-0.25, -0.2) is 15.0 Å². The van der Waals surface area contributed by atoms with Crippen molar-refractivity contribution in [2.45, 2.75) is 87.5 Å². The molecule has 3 aromatic heterocycles. The van der Waals surface area contributed by atoms with Crippen molar-refractivity contribution in [2.75, 3.05) is 0 Å². The van der Waals surface area contributed by atoms with Gasteiger partial charge in [0.2, 0.25) is 5.91 Å². The van der Waals surface area contributed by atoms with Crippen molar-refractivity contribution in [3.8, 4) is 39.8 Å². The zero-order valence-corrected chi connectivity index (χ0v) is 52.9. The number of hydrogen-bond acceptors (Lipinski definition) is 13. The Balaban J connectivity index is 0. The summed E-state index contributed by atoms with van der Waals surface area (Å²) in [4.78, 5) is 44.6. The molecule has 8 rings (SSSR count). The van der Waals surface area contributed by atoms with Crippen LogP contribution in [0, 0.1) is 76.5 Å². The van der Waals surface area contributed by atoms with E-state index < -0.39 is 0 Å². The Hall–Kier alpha value is -6.49. The molecule has 8 aromatic rings. The van der Waals surface area contributed by atoms with E-state index in [9.17, 15) is 14.4 Å². The number of nitrogens with two attached hydrogens (primary N) is 2. The molecular formula is C58H60Br4N8O6Zn. The van der Waals surface area contributed by atoms with E-state index in [-0.39, 0.29) is 49.2 Å². The summed E-state index contributed by atoms with van der Waals surface area (Å²) in [6, 6.07) is 40.3. The number of nitrogens with zero attached hydrogens (tertiary/aromatic N) is 6. The summed E-state index contributed by atoms with van der Waals surface area (Å²) in [5.74, 6) is 4.56. The number of benzene rings is 5. The number of alkyl halides is 1. The van der Waals surface area contributed by atoms with Gasteiger partial charge in [-0.1, -0.05) is 151 Å². The molecular weight excluding hydrogens is 1290 g/mol. The summed E-state index contributed by atoms with van der Waals surface area (Å²) in [7, 11) is 0. The van der Waals surface area contributed by atoms with Gasteiger partial charge in [0.15, 0.2) is 29.2 Å². The van der Waals surface area contributed by atoms with E-state index in [1.165, 1.54) is 6.92 Å². The maximum Gasteiger partial charge on any atom is 2.00 e. The number of carbonyl (C=O) groups excluding carboxylic acids is 3. The van der Waals surface area contributed by atoms with Gasteiger partial charge in [0, 0.05) is 81.9 Å². The molecule has 3 heterocycles. The molecule has 0 saturated carbocycles. The fourth-order valence-electron chi connectivity index (χ4n) is 6.18. The second kappa shape index (κ2) is 39.0. The van der Waals surface area contributed by atoms with E-state index in [2.05, 4.69) is 90.5 Å². The first kappa shape index (κ1) is 72.6. The molecule has 1 amide bonds. The van der Waals surface area contributed by atoms with Crippen LogP contribution in [0.3, 0.4) is 0 Å². The van der Waals surface area contributed by atoms with Crippen LogP contribution in [0.4, 0.5) is 0 Å². The van der Waals surface area contributed by atoms with Crippen LogP contribution in [-0.4, -0.2) is 37.3 Å². The quantitative estimate of drug-likeness (QED) is 0.0622. The predicted molar refractivity (Wildman–Crippen MR) is 312 cm³/mol. The van der Waals surface area contributed by atoms with E-state index in [1.807, 2.05) is 165 Å². The number of hydrogen-bond donors (Lipinski definition) is 2. The second-order valence-electron chi connectivity index (χ2n) is 15.4. The Bertz CT molecular complexity index is 3080. The first-order chi connectivity index (χ1) is 35.6. The summed E-state index contributed by atoms with van der Waals surface area (Å²) < 4.78 is 19.2. The topological polar surface area (TPSA) is 253 Å². The summed E-state index contributed by atoms with van der Waals surface area (Å²) in [5, 5.41) is 21.2. The first-order valence-corrected chi connectivity index (χ1v) is 25.8. The molecule has 0 aliphatic carbocycles. The molecule has 0 fully saturated rings. The number of rotatable bonds is 8. The number of primary amides is 1. The maximum absolute atomic E-state index is 11.4. The molecule has 0 aliphatic heterocycles. The van der Waals surface area contributed by atoms with E-state index in [4.69, 9.17) is 47.9 Å². The van der Waals surface area contributed by atoms with Crippen LogP contribution in [0.25, 0.3) is 33.8 Å². The minimum Gasteiger partial charge on any atom is -0.512 e. The van der Waals surface area contributed by atoms with Gasteiger partial charge in [-0.05, 0) is 81.8 Å². The van der Waals surface area contributed by atoms with E-state index in [1.54, 1.807) is 12.1 Å². The van der Waals surface area contributed by atoms with Gasteiger partial charge in [-0.15, -0.1) is 0 Å². The van der Waals surface area contributed by atoms with Crippen LogP contribution >= 0.6 is 63.7 Å². The van der Waals surface area contributed by atoms with Crippen molar-refractivity contribution in [1.82, 2.24) is 15.0 Å². The van der Waals surface area contributed by atoms with Crippen molar-refractivity contribution in [1.29, 1.82) is 15.8 Å². The van der Waals surface area contributed by atoms with Crippen molar-refractivity contribution in [3.63, 3.8) is 0 Å². The van der Waals surface area contributed by atoms with Gasteiger partial charge in [0.1, 0.15) is 34.4 Å². The fraction of sp³-hybridized carbons (Fsp3) is 0.224. The molecule has 398 valence electrons. The van der Waals surface area contributed by atoms with E-state index in [0.717, 1.165) is 81.2 Å². The number of aryl methyl sites for hydroxylation is 6. The zero-order valence-electron chi connectivity index (χ0n) is 43.5. The minimum atomic E-state index is -0.333. The molecule has 0 radical (unpaired) electrons.